The number of rotatable bonds is 3. The van der Waals surface area contributed by atoms with Gasteiger partial charge in [-0.15, -0.1) is 0 Å². The van der Waals surface area contributed by atoms with Crippen molar-refractivity contribution in [1.29, 1.82) is 0 Å². The smallest absolute Gasteiger partial charge is 0.0313 e. The van der Waals surface area contributed by atoms with Crippen LogP contribution in [0.4, 0.5) is 0 Å². The van der Waals surface area contributed by atoms with Crippen LogP contribution >= 0.6 is 0 Å². The highest BCUT2D eigenvalue weighted by Crippen LogP contribution is 2.11. The average Bonchev–Trinajstić information content (AvgIpc) is 2.26. The van der Waals surface area contributed by atoms with E-state index in [1.165, 1.54) is 0 Å². The molecule has 1 unspecified atom stereocenters. The second-order valence-corrected chi connectivity index (χ2v) is 6.80. The fourth-order valence-electron chi connectivity index (χ4n) is 1.45. The predicted molar refractivity (Wildman–Crippen MR) is 56.2 cm³/mol. The zero-order chi connectivity index (χ0) is 9.19. The van der Waals surface area contributed by atoms with Gasteiger partial charge in [0.15, 0.2) is 0 Å². The van der Waals surface area contributed by atoms with Gasteiger partial charge in [-0.25, -0.2) is 0 Å². The summed E-state index contributed by atoms with van der Waals surface area (Å²) in [5.41, 5.74) is 0. The summed E-state index contributed by atoms with van der Waals surface area (Å²) in [6.45, 7) is 5.40. The maximum Gasteiger partial charge on any atom is 0.0313 e. The molecule has 2 atom stereocenters. The van der Waals surface area contributed by atoms with Gasteiger partial charge < -0.3 is 5.32 Å². The average molecular weight is 189 g/mol. The Morgan fingerprint density at radius 1 is 1.67 bits per heavy atom. The van der Waals surface area contributed by atoms with Crippen molar-refractivity contribution >= 4 is 15.4 Å². The van der Waals surface area contributed by atoms with Crippen LogP contribution in [0.5, 0.6) is 0 Å². The Balaban J connectivity index is 2.29. The minimum Gasteiger partial charge on any atom is -0.313 e. The molecule has 0 spiro atoms. The first-order valence-electron chi connectivity index (χ1n) is 4.55. The molecule has 1 fully saturated rings. The molecule has 0 aromatic heterocycles. The van der Waals surface area contributed by atoms with Crippen molar-refractivity contribution in [3.05, 3.63) is 0 Å². The number of hydrogen-bond donors (Lipinski definition) is 1. The van der Waals surface area contributed by atoms with Crippen molar-refractivity contribution in [1.82, 2.24) is 5.32 Å². The minimum absolute atomic E-state index is 0.456. The van der Waals surface area contributed by atoms with Crippen molar-refractivity contribution in [3.63, 3.8) is 0 Å². The fraction of sp³-hybridized carbons (Fsp3) is 0.889. The van der Waals surface area contributed by atoms with E-state index < -0.39 is 9.52 Å². The van der Waals surface area contributed by atoms with Gasteiger partial charge in [0.2, 0.25) is 0 Å². The molecule has 1 saturated heterocycles. The van der Waals surface area contributed by atoms with Crippen molar-refractivity contribution in [2.45, 2.75) is 26.3 Å². The molecule has 1 heterocycles. The van der Waals surface area contributed by atoms with E-state index in [2.05, 4.69) is 25.0 Å². The summed E-state index contributed by atoms with van der Waals surface area (Å²) >= 11 is 0. The van der Waals surface area contributed by atoms with Gasteiger partial charge in [-0.3, -0.25) is 4.21 Å². The van der Waals surface area contributed by atoms with Gasteiger partial charge in [0, 0.05) is 17.5 Å². The molecule has 0 aromatic carbocycles. The second-order valence-electron chi connectivity index (χ2n) is 4.12. The third-order valence-corrected chi connectivity index (χ3v) is 4.15. The molecule has 3 heteroatoms. The Kier molecular flexibility index (Phi) is 3.18. The van der Waals surface area contributed by atoms with E-state index in [0.717, 1.165) is 24.5 Å². The lowest BCUT2D eigenvalue weighted by molar-refractivity contribution is 0.489. The topological polar surface area (TPSA) is 29.1 Å². The normalized spacial score (nSPS) is 36.1. The molecule has 1 aliphatic rings. The molecular formula is C9H19NOS. The highest BCUT2D eigenvalue weighted by molar-refractivity contribution is 8.00. The lowest BCUT2D eigenvalue weighted by atomic mass is 10.2. The van der Waals surface area contributed by atoms with Crippen LogP contribution in [0, 0.1) is 5.92 Å². The van der Waals surface area contributed by atoms with Crippen LogP contribution in [-0.2, 0) is 9.52 Å². The lowest BCUT2D eigenvalue weighted by Gasteiger charge is -2.12. The summed E-state index contributed by atoms with van der Waals surface area (Å²) in [4.78, 5) is 0. The maximum atomic E-state index is 11.5. The Hall–Kier alpha value is -0.0200. The summed E-state index contributed by atoms with van der Waals surface area (Å²) in [7, 11) is -1.71. The van der Waals surface area contributed by atoms with E-state index in [9.17, 15) is 4.21 Å². The molecule has 0 radical (unpaired) electrons. The van der Waals surface area contributed by atoms with Crippen molar-refractivity contribution in [2.24, 2.45) is 5.92 Å². The second kappa shape index (κ2) is 3.79. The maximum absolute atomic E-state index is 11.5. The van der Waals surface area contributed by atoms with E-state index in [4.69, 9.17) is 0 Å². The monoisotopic (exact) mass is 189 g/mol. The standard InChI is InChI=1S/C9H19NOS/c1-8(2)6-10-9-4-5-12(3,11)7-9/h8-10H,3-7H2,1-2H3/t9-,12?/m1/s1. The molecule has 0 aliphatic carbocycles. The van der Waals surface area contributed by atoms with E-state index in [-0.39, 0.29) is 0 Å². The molecule has 12 heavy (non-hydrogen) atoms. The van der Waals surface area contributed by atoms with Gasteiger partial charge in [-0.1, -0.05) is 13.8 Å². The Morgan fingerprint density at radius 3 is 2.75 bits per heavy atom. The first-order chi connectivity index (χ1) is 5.49. The van der Waals surface area contributed by atoms with E-state index in [1.54, 1.807) is 0 Å². The number of hydrogen-bond acceptors (Lipinski definition) is 2. The summed E-state index contributed by atoms with van der Waals surface area (Å²) < 4.78 is 11.5. The van der Waals surface area contributed by atoms with E-state index in [0.29, 0.717) is 12.0 Å². The molecule has 0 aromatic rings. The highest BCUT2D eigenvalue weighted by Gasteiger charge is 2.22. The summed E-state index contributed by atoms with van der Waals surface area (Å²) in [6.07, 6.45) is 1.04. The number of nitrogens with one attached hydrogen (secondary N) is 1. The van der Waals surface area contributed by atoms with Gasteiger partial charge in [0.25, 0.3) is 0 Å². The lowest BCUT2D eigenvalue weighted by Crippen LogP contribution is -2.32. The summed E-state index contributed by atoms with van der Waals surface area (Å²) in [5, 5.41) is 3.42. The zero-order valence-corrected chi connectivity index (χ0v) is 8.82. The molecular weight excluding hydrogens is 170 g/mol. The van der Waals surface area contributed by atoms with Crippen molar-refractivity contribution in [2.75, 3.05) is 18.1 Å². The Bertz CT molecular complexity index is 231. The molecule has 1 aliphatic heterocycles. The molecule has 0 bridgehead atoms. The van der Waals surface area contributed by atoms with Crippen LogP contribution in [0.25, 0.3) is 0 Å². The molecule has 2 nitrogen and oxygen atoms in total. The third-order valence-electron chi connectivity index (χ3n) is 2.16. The summed E-state index contributed by atoms with van der Waals surface area (Å²) in [6, 6.07) is 0.456. The molecule has 1 N–H and O–H groups in total. The quantitative estimate of drug-likeness (QED) is 0.663. The molecule has 0 amide bonds. The van der Waals surface area contributed by atoms with Gasteiger partial charge in [-0.2, -0.15) is 0 Å². The van der Waals surface area contributed by atoms with E-state index in [1.807, 2.05) is 0 Å². The molecule has 0 saturated carbocycles. The van der Waals surface area contributed by atoms with Crippen LogP contribution in [0.2, 0.25) is 0 Å². The van der Waals surface area contributed by atoms with Gasteiger partial charge in [-0.05, 0) is 34.3 Å². The Labute approximate surface area is 75.7 Å². The predicted octanol–water partition coefficient (Wildman–Crippen LogP) is 0.721. The van der Waals surface area contributed by atoms with E-state index >= 15 is 0 Å². The molecule has 1 rings (SSSR count). The van der Waals surface area contributed by atoms with Gasteiger partial charge in [0.1, 0.15) is 0 Å². The summed E-state index contributed by atoms with van der Waals surface area (Å²) in [5.74, 6) is 5.99. The van der Waals surface area contributed by atoms with Crippen LogP contribution in [-0.4, -0.2) is 34.2 Å². The van der Waals surface area contributed by atoms with Crippen LogP contribution in [0.1, 0.15) is 20.3 Å². The Morgan fingerprint density at radius 2 is 2.33 bits per heavy atom. The third kappa shape index (κ3) is 3.15. The van der Waals surface area contributed by atoms with Crippen molar-refractivity contribution < 1.29 is 4.21 Å². The van der Waals surface area contributed by atoms with Crippen LogP contribution < -0.4 is 5.32 Å². The first-order valence-corrected chi connectivity index (χ1v) is 6.62. The van der Waals surface area contributed by atoms with Crippen LogP contribution in [0.15, 0.2) is 0 Å². The van der Waals surface area contributed by atoms with Gasteiger partial charge >= 0.3 is 0 Å². The van der Waals surface area contributed by atoms with Gasteiger partial charge in [0.05, 0.1) is 0 Å². The highest BCUT2D eigenvalue weighted by atomic mass is 32.2. The van der Waals surface area contributed by atoms with Crippen molar-refractivity contribution in [3.8, 4) is 0 Å². The SMILES string of the molecule is C=S1(=O)CC[C@@H](NCC(C)C)C1. The molecule has 72 valence electrons. The fourth-order valence-corrected chi connectivity index (χ4v) is 3.35. The largest absolute Gasteiger partial charge is 0.313 e. The van der Waals surface area contributed by atoms with Crippen LogP contribution in [0.3, 0.4) is 0 Å². The minimum atomic E-state index is -1.71. The zero-order valence-electron chi connectivity index (χ0n) is 8.01. The first kappa shape index (κ1) is 10.1.